The average molecular weight is 380 g/mol. The van der Waals surface area contributed by atoms with Crippen molar-refractivity contribution in [2.24, 2.45) is 0 Å². The number of benzene rings is 2. The lowest BCUT2D eigenvalue weighted by Crippen LogP contribution is -2.04. The summed E-state index contributed by atoms with van der Waals surface area (Å²) in [5.41, 5.74) is 5.14. The first-order valence-electron chi connectivity index (χ1n) is 9.37. The summed E-state index contributed by atoms with van der Waals surface area (Å²) < 4.78 is 7.93. The van der Waals surface area contributed by atoms with Crippen molar-refractivity contribution in [3.63, 3.8) is 0 Å². The van der Waals surface area contributed by atoms with E-state index in [4.69, 9.17) is 10.00 Å². The second kappa shape index (κ2) is 8.41. The summed E-state index contributed by atoms with van der Waals surface area (Å²) in [6.07, 6.45) is 6.29. The third kappa shape index (κ3) is 4.69. The summed E-state index contributed by atoms with van der Waals surface area (Å²) in [5.74, 6) is 1.35. The lowest BCUT2D eigenvalue weighted by atomic mass is 10.1. The number of nitrogens with zero attached hydrogens (tertiary/aromatic N) is 4. The monoisotopic (exact) mass is 380 g/mol. The molecule has 0 spiro atoms. The van der Waals surface area contributed by atoms with Crippen molar-refractivity contribution < 1.29 is 4.74 Å². The van der Waals surface area contributed by atoms with Crippen molar-refractivity contribution in [3.05, 3.63) is 107 Å². The second-order valence-corrected chi connectivity index (χ2v) is 6.92. The number of aryl methyl sites for hydroxylation is 1. The fraction of sp³-hybridized carbons (Fsp3) is 0.125. The molecule has 0 fully saturated rings. The van der Waals surface area contributed by atoms with Gasteiger partial charge in [-0.05, 0) is 47.9 Å². The number of nitriles is 1. The Morgan fingerprint density at radius 2 is 1.83 bits per heavy atom. The van der Waals surface area contributed by atoms with Gasteiger partial charge < -0.3 is 9.30 Å². The third-order valence-electron chi connectivity index (χ3n) is 4.63. The Labute approximate surface area is 169 Å². The third-order valence-corrected chi connectivity index (χ3v) is 4.63. The van der Waals surface area contributed by atoms with Crippen molar-refractivity contribution in [2.75, 3.05) is 0 Å². The summed E-state index contributed by atoms with van der Waals surface area (Å²) >= 11 is 0. The fourth-order valence-electron chi connectivity index (χ4n) is 3.11. The molecule has 0 saturated carbocycles. The zero-order valence-corrected chi connectivity index (χ0v) is 16.1. The number of pyridine rings is 1. The van der Waals surface area contributed by atoms with E-state index in [1.54, 1.807) is 0 Å². The minimum absolute atomic E-state index is 0.572. The Morgan fingerprint density at radius 1 is 1.00 bits per heavy atom. The van der Waals surface area contributed by atoms with Crippen LogP contribution in [0.5, 0.6) is 11.6 Å². The van der Waals surface area contributed by atoms with Crippen LogP contribution in [0.1, 0.15) is 27.9 Å². The van der Waals surface area contributed by atoms with Crippen LogP contribution >= 0.6 is 0 Å². The molecule has 0 aliphatic carbocycles. The van der Waals surface area contributed by atoms with Gasteiger partial charge in [0.15, 0.2) is 0 Å². The first-order valence-corrected chi connectivity index (χ1v) is 9.37. The van der Waals surface area contributed by atoms with Crippen LogP contribution in [0, 0.1) is 18.3 Å². The minimum Gasteiger partial charge on any atom is -0.439 e. The first-order chi connectivity index (χ1) is 14.2. The lowest BCUT2D eigenvalue weighted by molar-refractivity contribution is 0.462. The summed E-state index contributed by atoms with van der Waals surface area (Å²) in [6.45, 7) is 2.72. The Hall–Kier alpha value is -3.91. The molecule has 0 saturated heterocycles. The predicted molar refractivity (Wildman–Crippen MR) is 111 cm³/mol. The number of hydrogen-bond donors (Lipinski definition) is 0. The van der Waals surface area contributed by atoms with Crippen LogP contribution in [0.15, 0.2) is 79.4 Å². The standard InChI is InChI=1S/C24H20N4O/c1-18-3-2-4-23(11-18)29-24-10-9-21(14-27-24)16-28-17-26-15-22(28)12-19-5-7-20(13-25)8-6-19/h2-11,14-15,17H,12,16H2,1H3. The molecule has 29 heavy (non-hydrogen) atoms. The van der Waals surface area contributed by atoms with E-state index in [2.05, 4.69) is 20.6 Å². The highest BCUT2D eigenvalue weighted by Gasteiger charge is 2.06. The Morgan fingerprint density at radius 3 is 2.55 bits per heavy atom. The topological polar surface area (TPSA) is 63.7 Å². The largest absolute Gasteiger partial charge is 0.439 e. The second-order valence-electron chi connectivity index (χ2n) is 6.92. The Bertz CT molecular complexity index is 1140. The van der Waals surface area contributed by atoms with Crippen LogP contribution in [0.4, 0.5) is 0 Å². The fourth-order valence-corrected chi connectivity index (χ4v) is 3.11. The van der Waals surface area contributed by atoms with Gasteiger partial charge >= 0.3 is 0 Å². The van der Waals surface area contributed by atoms with E-state index in [0.717, 1.165) is 34.6 Å². The van der Waals surface area contributed by atoms with E-state index < -0.39 is 0 Å². The Balaban J connectivity index is 1.43. The molecular weight excluding hydrogens is 360 g/mol. The van der Waals surface area contributed by atoms with Gasteiger partial charge in [0.1, 0.15) is 5.75 Å². The maximum absolute atomic E-state index is 8.93. The van der Waals surface area contributed by atoms with Gasteiger partial charge in [-0.1, -0.05) is 30.3 Å². The van der Waals surface area contributed by atoms with Gasteiger partial charge in [0.25, 0.3) is 0 Å². The van der Waals surface area contributed by atoms with Crippen molar-refractivity contribution in [1.29, 1.82) is 5.26 Å². The molecule has 5 nitrogen and oxygen atoms in total. The van der Waals surface area contributed by atoms with Crippen LogP contribution in [0.3, 0.4) is 0 Å². The summed E-state index contributed by atoms with van der Waals surface area (Å²) in [5, 5.41) is 8.93. The molecule has 0 radical (unpaired) electrons. The van der Waals surface area contributed by atoms with Gasteiger partial charge in [-0.25, -0.2) is 9.97 Å². The molecular formula is C24H20N4O. The molecule has 4 aromatic rings. The van der Waals surface area contributed by atoms with Gasteiger partial charge in [-0.15, -0.1) is 0 Å². The van der Waals surface area contributed by atoms with Gasteiger partial charge in [-0.3, -0.25) is 0 Å². The molecule has 0 atom stereocenters. The van der Waals surface area contributed by atoms with E-state index in [-0.39, 0.29) is 0 Å². The highest BCUT2D eigenvalue weighted by Crippen LogP contribution is 2.21. The smallest absolute Gasteiger partial charge is 0.219 e. The van der Waals surface area contributed by atoms with Crippen molar-refractivity contribution in [2.45, 2.75) is 19.9 Å². The quantitative estimate of drug-likeness (QED) is 0.478. The molecule has 0 unspecified atom stereocenters. The average Bonchev–Trinajstić information content (AvgIpc) is 3.16. The van der Waals surface area contributed by atoms with Gasteiger partial charge in [0.05, 0.1) is 24.5 Å². The van der Waals surface area contributed by atoms with E-state index >= 15 is 0 Å². The molecule has 0 bridgehead atoms. The maximum atomic E-state index is 8.93. The summed E-state index contributed by atoms with van der Waals surface area (Å²) in [6, 6.07) is 21.6. The molecule has 2 aromatic carbocycles. The normalized spacial score (nSPS) is 10.5. The van der Waals surface area contributed by atoms with Crippen LogP contribution < -0.4 is 4.74 Å². The van der Waals surface area contributed by atoms with Gasteiger partial charge in [0.2, 0.25) is 5.88 Å². The number of aromatic nitrogens is 3. The molecule has 0 amide bonds. The molecule has 5 heteroatoms. The van der Waals surface area contributed by atoms with E-state index in [1.165, 1.54) is 0 Å². The zero-order valence-electron chi connectivity index (χ0n) is 16.1. The Kier molecular flexibility index (Phi) is 5.35. The molecule has 142 valence electrons. The molecule has 0 aliphatic heterocycles. The number of hydrogen-bond acceptors (Lipinski definition) is 4. The summed E-state index contributed by atoms with van der Waals surface area (Å²) in [7, 11) is 0. The maximum Gasteiger partial charge on any atom is 0.219 e. The van der Waals surface area contributed by atoms with E-state index in [1.807, 2.05) is 86.3 Å². The lowest BCUT2D eigenvalue weighted by Gasteiger charge is -2.10. The van der Waals surface area contributed by atoms with Crippen LogP contribution in [-0.4, -0.2) is 14.5 Å². The highest BCUT2D eigenvalue weighted by atomic mass is 16.5. The van der Waals surface area contributed by atoms with Crippen LogP contribution in [0.25, 0.3) is 0 Å². The molecule has 2 heterocycles. The highest BCUT2D eigenvalue weighted by molar-refractivity contribution is 5.34. The van der Waals surface area contributed by atoms with E-state index in [0.29, 0.717) is 18.0 Å². The number of rotatable bonds is 6. The molecule has 2 aromatic heterocycles. The van der Waals surface area contributed by atoms with Gasteiger partial charge in [0, 0.05) is 30.6 Å². The van der Waals surface area contributed by atoms with Crippen molar-refractivity contribution in [3.8, 4) is 17.7 Å². The predicted octanol–water partition coefficient (Wildman–Crippen LogP) is 4.89. The van der Waals surface area contributed by atoms with Crippen molar-refractivity contribution >= 4 is 0 Å². The van der Waals surface area contributed by atoms with Crippen LogP contribution in [0.2, 0.25) is 0 Å². The number of ether oxygens (including phenoxy) is 1. The van der Waals surface area contributed by atoms with Crippen LogP contribution in [-0.2, 0) is 13.0 Å². The first kappa shape index (κ1) is 18.5. The number of imidazole rings is 1. The van der Waals surface area contributed by atoms with E-state index in [9.17, 15) is 0 Å². The zero-order chi connectivity index (χ0) is 20.1. The summed E-state index contributed by atoms with van der Waals surface area (Å²) in [4.78, 5) is 8.73. The van der Waals surface area contributed by atoms with Gasteiger partial charge in [-0.2, -0.15) is 5.26 Å². The SMILES string of the molecule is Cc1cccc(Oc2ccc(Cn3cncc3Cc3ccc(C#N)cc3)cn2)c1. The molecule has 4 rings (SSSR count). The molecule has 0 N–H and O–H groups in total. The molecule has 0 aliphatic rings. The minimum atomic E-state index is 0.572. The van der Waals surface area contributed by atoms with Crippen molar-refractivity contribution in [1.82, 2.24) is 14.5 Å².